The first-order valence-corrected chi connectivity index (χ1v) is 9.32. The monoisotopic (exact) mass is 414 g/mol. The van der Waals surface area contributed by atoms with Crippen LogP contribution in [0.1, 0.15) is 24.2 Å². The molecule has 1 aromatic carbocycles. The Morgan fingerprint density at radius 1 is 1.10 bits per heavy atom. The maximum atomic E-state index is 12.5. The lowest BCUT2D eigenvalue weighted by atomic mass is 10.1. The molecule has 0 N–H and O–H groups in total. The third-order valence-corrected chi connectivity index (χ3v) is 4.64. The average Bonchev–Trinajstić information content (AvgIpc) is 3.14. The average molecular weight is 414 g/mol. The number of fused-ring (bicyclic) bond motifs is 1. The van der Waals surface area contributed by atoms with Crippen molar-refractivity contribution >= 4 is 22.9 Å². The second kappa shape index (κ2) is 8.36. The zero-order valence-electron chi connectivity index (χ0n) is 17.1. The van der Waals surface area contributed by atoms with Crippen molar-refractivity contribution < 1.29 is 19.1 Å². The molecule has 2 heterocycles. The van der Waals surface area contributed by atoms with Crippen molar-refractivity contribution in [3.63, 3.8) is 0 Å². The van der Waals surface area contributed by atoms with Crippen LogP contribution < -0.4 is 16.0 Å². The van der Waals surface area contributed by atoms with E-state index in [4.69, 9.17) is 9.47 Å². The summed E-state index contributed by atoms with van der Waals surface area (Å²) in [6, 6.07) is 6.54. The minimum absolute atomic E-state index is 0.0991. The van der Waals surface area contributed by atoms with Gasteiger partial charge in [0.15, 0.2) is 17.3 Å². The standard InChI is InChI=1S/C20H22N4O6/c1-5-29-14-8-6-13(7-9-14)17(26)12(2)30-15(25)10-24-11-21-18-16(24)19(27)23(4)20(28)22(18)3/h6-9,11-12H,5,10H2,1-4H3/t12-/m0/s1. The van der Waals surface area contributed by atoms with Gasteiger partial charge in [0.2, 0.25) is 5.78 Å². The first-order valence-electron chi connectivity index (χ1n) is 9.32. The highest BCUT2D eigenvalue weighted by Crippen LogP contribution is 2.15. The molecule has 2 aromatic heterocycles. The fourth-order valence-corrected chi connectivity index (χ4v) is 3.06. The Balaban J connectivity index is 1.75. The fraction of sp³-hybridized carbons (Fsp3) is 0.350. The van der Waals surface area contributed by atoms with Crippen LogP contribution in [-0.2, 0) is 30.2 Å². The lowest BCUT2D eigenvalue weighted by Gasteiger charge is -2.13. The van der Waals surface area contributed by atoms with Gasteiger partial charge >= 0.3 is 11.7 Å². The van der Waals surface area contributed by atoms with Crippen LogP contribution in [0, 0.1) is 0 Å². The molecule has 3 aromatic rings. The van der Waals surface area contributed by atoms with Gasteiger partial charge in [-0.25, -0.2) is 9.78 Å². The summed E-state index contributed by atoms with van der Waals surface area (Å²) in [4.78, 5) is 53.3. The molecular formula is C20H22N4O6. The first kappa shape index (κ1) is 21.0. The topological polar surface area (TPSA) is 114 Å². The van der Waals surface area contributed by atoms with Crippen LogP contribution in [0.2, 0.25) is 0 Å². The van der Waals surface area contributed by atoms with Crippen LogP contribution in [-0.4, -0.2) is 43.1 Å². The Bertz CT molecular complexity index is 1220. The molecule has 0 saturated carbocycles. The summed E-state index contributed by atoms with van der Waals surface area (Å²) in [6.45, 7) is 3.53. The van der Waals surface area contributed by atoms with Crippen LogP contribution in [0.5, 0.6) is 5.75 Å². The van der Waals surface area contributed by atoms with E-state index in [1.807, 2.05) is 6.92 Å². The number of carbonyl (C=O) groups excluding carboxylic acids is 2. The predicted octanol–water partition coefficient (Wildman–Crippen LogP) is 0.647. The van der Waals surface area contributed by atoms with Gasteiger partial charge in [0, 0.05) is 19.7 Å². The maximum absolute atomic E-state index is 12.5. The summed E-state index contributed by atoms with van der Waals surface area (Å²) in [7, 11) is 2.83. The Morgan fingerprint density at radius 2 is 1.77 bits per heavy atom. The number of ether oxygens (including phenoxy) is 2. The van der Waals surface area contributed by atoms with E-state index in [-0.39, 0.29) is 23.5 Å². The highest BCUT2D eigenvalue weighted by atomic mass is 16.5. The number of Topliss-reactive ketones (excluding diaryl/α,β-unsaturated/α-hetero) is 1. The fourth-order valence-electron chi connectivity index (χ4n) is 3.06. The molecule has 0 saturated heterocycles. The Labute approximate surface area is 171 Å². The zero-order chi connectivity index (χ0) is 22.0. The van der Waals surface area contributed by atoms with Gasteiger partial charge in [-0.1, -0.05) is 0 Å². The molecule has 0 spiro atoms. The number of aryl methyl sites for hydroxylation is 1. The van der Waals surface area contributed by atoms with Gasteiger partial charge in [0.1, 0.15) is 12.3 Å². The largest absolute Gasteiger partial charge is 0.494 e. The van der Waals surface area contributed by atoms with Crippen LogP contribution >= 0.6 is 0 Å². The number of carbonyl (C=O) groups is 2. The van der Waals surface area contributed by atoms with E-state index < -0.39 is 23.3 Å². The van der Waals surface area contributed by atoms with Crippen molar-refractivity contribution in [2.24, 2.45) is 14.1 Å². The summed E-state index contributed by atoms with van der Waals surface area (Å²) in [5, 5.41) is 0. The molecule has 0 amide bonds. The second-order valence-corrected chi connectivity index (χ2v) is 6.70. The summed E-state index contributed by atoms with van der Waals surface area (Å²) in [6.07, 6.45) is 0.267. The lowest BCUT2D eigenvalue weighted by molar-refractivity contribution is -0.146. The number of hydrogen-bond acceptors (Lipinski definition) is 7. The zero-order valence-corrected chi connectivity index (χ0v) is 17.1. The molecule has 1 atom stereocenters. The molecular weight excluding hydrogens is 392 g/mol. The number of nitrogens with zero attached hydrogens (tertiary/aromatic N) is 4. The van der Waals surface area contributed by atoms with Crippen molar-refractivity contribution in [3.8, 4) is 5.75 Å². The van der Waals surface area contributed by atoms with Crippen molar-refractivity contribution in [1.82, 2.24) is 18.7 Å². The molecule has 0 fully saturated rings. The normalized spacial score (nSPS) is 12.0. The van der Waals surface area contributed by atoms with Crippen LogP contribution in [0.25, 0.3) is 11.2 Å². The Kier molecular flexibility index (Phi) is 5.86. The quantitative estimate of drug-likeness (QED) is 0.412. The van der Waals surface area contributed by atoms with Gasteiger partial charge in [-0.3, -0.25) is 23.5 Å². The number of hydrogen-bond donors (Lipinski definition) is 0. The van der Waals surface area contributed by atoms with Crippen molar-refractivity contribution in [1.29, 1.82) is 0 Å². The number of aromatic nitrogens is 4. The van der Waals surface area contributed by atoms with Crippen molar-refractivity contribution in [2.75, 3.05) is 6.61 Å². The minimum Gasteiger partial charge on any atom is -0.494 e. The Morgan fingerprint density at radius 3 is 2.40 bits per heavy atom. The molecule has 30 heavy (non-hydrogen) atoms. The molecule has 0 bridgehead atoms. The summed E-state index contributed by atoms with van der Waals surface area (Å²) in [5.41, 5.74) is -0.445. The summed E-state index contributed by atoms with van der Waals surface area (Å²) < 4.78 is 14.0. The van der Waals surface area contributed by atoms with Gasteiger partial charge < -0.3 is 14.0 Å². The summed E-state index contributed by atoms with van der Waals surface area (Å²) in [5.74, 6) is -0.432. The molecule has 10 nitrogen and oxygen atoms in total. The van der Waals surface area contributed by atoms with Crippen molar-refractivity contribution in [3.05, 3.63) is 57.0 Å². The van der Waals surface area contributed by atoms with E-state index in [1.165, 1.54) is 36.5 Å². The van der Waals surface area contributed by atoms with E-state index in [2.05, 4.69) is 4.98 Å². The molecule has 3 rings (SSSR count). The first-order chi connectivity index (χ1) is 14.2. The van der Waals surface area contributed by atoms with Gasteiger partial charge in [0.25, 0.3) is 5.56 Å². The highest BCUT2D eigenvalue weighted by molar-refractivity contribution is 6.00. The minimum atomic E-state index is -1.02. The summed E-state index contributed by atoms with van der Waals surface area (Å²) >= 11 is 0. The smallest absolute Gasteiger partial charge is 0.332 e. The van der Waals surface area contributed by atoms with Gasteiger partial charge in [-0.05, 0) is 38.1 Å². The van der Waals surface area contributed by atoms with E-state index in [0.717, 1.165) is 4.57 Å². The van der Waals surface area contributed by atoms with Crippen LogP contribution in [0.3, 0.4) is 0 Å². The molecule has 10 heteroatoms. The van der Waals surface area contributed by atoms with Gasteiger partial charge in [-0.2, -0.15) is 0 Å². The van der Waals surface area contributed by atoms with E-state index in [9.17, 15) is 19.2 Å². The number of rotatable bonds is 7. The number of ketones is 1. The predicted molar refractivity (Wildman–Crippen MR) is 108 cm³/mol. The van der Waals surface area contributed by atoms with E-state index >= 15 is 0 Å². The highest BCUT2D eigenvalue weighted by Gasteiger charge is 2.21. The molecule has 158 valence electrons. The maximum Gasteiger partial charge on any atom is 0.332 e. The molecule has 0 unspecified atom stereocenters. The second-order valence-electron chi connectivity index (χ2n) is 6.70. The third kappa shape index (κ3) is 3.88. The van der Waals surface area contributed by atoms with E-state index in [0.29, 0.717) is 17.9 Å². The van der Waals surface area contributed by atoms with Crippen LogP contribution in [0.4, 0.5) is 0 Å². The SMILES string of the molecule is CCOc1ccc(C(=O)[C@H](C)OC(=O)Cn2cnc3c2c(=O)n(C)c(=O)n3C)cc1. The molecule has 0 aliphatic heterocycles. The lowest BCUT2D eigenvalue weighted by Crippen LogP contribution is -2.37. The number of benzene rings is 1. The molecule has 0 aliphatic carbocycles. The van der Waals surface area contributed by atoms with Gasteiger partial charge in [-0.15, -0.1) is 0 Å². The van der Waals surface area contributed by atoms with Crippen molar-refractivity contribution in [2.45, 2.75) is 26.5 Å². The number of imidazole rings is 1. The Hall–Kier alpha value is -3.69. The number of esters is 1. The molecule has 0 aliphatic rings. The third-order valence-electron chi connectivity index (χ3n) is 4.64. The van der Waals surface area contributed by atoms with Gasteiger partial charge in [0.05, 0.1) is 12.9 Å². The van der Waals surface area contributed by atoms with Crippen LogP contribution in [0.15, 0.2) is 40.2 Å². The molecule has 0 radical (unpaired) electrons. The van der Waals surface area contributed by atoms with E-state index in [1.54, 1.807) is 24.3 Å².